The van der Waals surface area contributed by atoms with E-state index < -0.39 is 5.97 Å². The molecule has 2 aromatic carbocycles. The van der Waals surface area contributed by atoms with Crippen LogP contribution in [0.1, 0.15) is 30.5 Å². The monoisotopic (exact) mass is 506 g/mol. The lowest BCUT2D eigenvalue weighted by molar-refractivity contribution is -0.132. The summed E-state index contributed by atoms with van der Waals surface area (Å²) in [5, 5.41) is 7.95. The highest BCUT2D eigenvalue weighted by Crippen LogP contribution is 2.16. The zero-order valence-electron chi connectivity index (χ0n) is 16.8. The van der Waals surface area contributed by atoms with Crippen molar-refractivity contribution in [1.82, 2.24) is 0 Å². The van der Waals surface area contributed by atoms with Crippen LogP contribution in [0.5, 0.6) is 0 Å². The van der Waals surface area contributed by atoms with Gasteiger partial charge in [0.05, 0.1) is 12.8 Å². The average Bonchev–Trinajstić information content (AvgIpc) is 2.72. The Morgan fingerprint density at radius 3 is 2.38 bits per heavy atom. The molecule has 0 saturated heterocycles. The van der Waals surface area contributed by atoms with Crippen LogP contribution in [0.3, 0.4) is 0 Å². The summed E-state index contributed by atoms with van der Waals surface area (Å²) in [5.74, 6) is -0.588. The highest BCUT2D eigenvalue weighted by atomic mass is 127. The third kappa shape index (κ3) is 6.70. The van der Waals surface area contributed by atoms with E-state index in [9.17, 15) is 4.79 Å². The zero-order valence-corrected chi connectivity index (χ0v) is 19.0. The molecule has 6 nitrogen and oxygen atoms in total. The largest absolute Gasteiger partial charge is 0.464 e. The number of hydrogen-bond donors (Lipinski definition) is 0. The Kier molecular flexibility index (Phi) is 8.85. The van der Waals surface area contributed by atoms with Gasteiger partial charge in [0, 0.05) is 14.7 Å². The van der Waals surface area contributed by atoms with Gasteiger partial charge in [-0.15, -0.1) is 0 Å². The van der Waals surface area contributed by atoms with E-state index >= 15 is 0 Å². The summed E-state index contributed by atoms with van der Waals surface area (Å²) in [6, 6.07) is 15.5. The Bertz CT molecular complexity index is 934. The number of carbonyl (C=O) groups excluding carboxylic acids is 1. The van der Waals surface area contributed by atoms with E-state index in [1.54, 1.807) is 12.1 Å². The summed E-state index contributed by atoms with van der Waals surface area (Å²) in [7, 11) is 2.67. The summed E-state index contributed by atoms with van der Waals surface area (Å²) in [5.41, 5.74) is 4.33. The number of oxime groups is 2. The first kappa shape index (κ1) is 22.6. The van der Waals surface area contributed by atoms with Crippen molar-refractivity contribution in [1.29, 1.82) is 0 Å². The number of esters is 1. The molecule has 0 radical (unpaired) electrons. The lowest BCUT2D eigenvalue weighted by Gasteiger charge is -2.09. The summed E-state index contributed by atoms with van der Waals surface area (Å²) in [4.78, 5) is 22.3. The molecule has 0 heterocycles. The first-order valence-electron chi connectivity index (χ1n) is 8.84. The predicted molar refractivity (Wildman–Crippen MR) is 123 cm³/mol. The molecule has 2 rings (SSSR count). The van der Waals surface area contributed by atoms with Crippen LogP contribution in [0.2, 0.25) is 0 Å². The second kappa shape index (κ2) is 11.4. The maximum Gasteiger partial charge on any atom is 0.360 e. The van der Waals surface area contributed by atoms with Crippen molar-refractivity contribution < 1.29 is 19.2 Å². The van der Waals surface area contributed by atoms with Crippen molar-refractivity contribution in [2.45, 2.75) is 20.5 Å². The standard InChI is InChI=1S/C22H23IN2O4/c1-15(17-9-11-19(23)12-10-17)13-16(2)24-29-14-18-7-5-6-8-20(18)21(25-28-4)22(26)27-3/h5-13H,14H2,1-4H3/b15-13+,24-16-,25-21+. The van der Waals surface area contributed by atoms with E-state index in [2.05, 4.69) is 57.2 Å². The van der Waals surface area contributed by atoms with Crippen LogP contribution in [0.25, 0.3) is 5.57 Å². The second-order valence-corrected chi connectivity index (χ2v) is 7.36. The molecular formula is C22H23IN2O4. The fraction of sp³-hybridized carbons (Fsp3) is 0.227. The van der Waals surface area contributed by atoms with Gasteiger partial charge in [0.25, 0.3) is 0 Å². The first-order chi connectivity index (χ1) is 14.0. The van der Waals surface area contributed by atoms with Gasteiger partial charge in [0.2, 0.25) is 0 Å². The van der Waals surface area contributed by atoms with E-state index in [4.69, 9.17) is 14.4 Å². The molecule has 0 N–H and O–H groups in total. The summed E-state index contributed by atoms with van der Waals surface area (Å²) in [6.45, 7) is 4.07. The molecule has 0 amide bonds. The maximum atomic E-state index is 12.0. The Balaban J connectivity index is 2.13. The van der Waals surface area contributed by atoms with Gasteiger partial charge in [-0.3, -0.25) is 0 Å². The molecule has 0 aliphatic heterocycles. The van der Waals surface area contributed by atoms with E-state index in [-0.39, 0.29) is 12.3 Å². The van der Waals surface area contributed by atoms with Crippen LogP contribution < -0.4 is 0 Å². The lowest BCUT2D eigenvalue weighted by atomic mass is 10.0. The molecule has 0 saturated carbocycles. The SMILES string of the molecule is CO/N=C(/C(=O)OC)c1ccccc1CO/N=C(C)\C=C(/C)c1ccc(I)cc1. The molecule has 0 atom stereocenters. The van der Waals surface area contributed by atoms with Gasteiger partial charge >= 0.3 is 5.97 Å². The summed E-state index contributed by atoms with van der Waals surface area (Å²) >= 11 is 2.28. The van der Waals surface area contributed by atoms with Crippen LogP contribution >= 0.6 is 22.6 Å². The number of rotatable bonds is 8. The van der Waals surface area contributed by atoms with Crippen LogP contribution in [-0.4, -0.2) is 31.6 Å². The van der Waals surface area contributed by atoms with Crippen LogP contribution in [0.15, 0.2) is 64.9 Å². The number of allylic oxidation sites excluding steroid dienone is 2. The zero-order chi connectivity index (χ0) is 21.2. The Morgan fingerprint density at radius 1 is 1.03 bits per heavy atom. The van der Waals surface area contributed by atoms with Gasteiger partial charge < -0.3 is 14.4 Å². The summed E-state index contributed by atoms with van der Waals surface area (Å²) in [6.07, 6.45) is 1.96. The molecule has 2 aromatic rings. The van der Waals surface area contributed by atoms with Gasteiger partial charge in [0.15, 0.2) is 5.71 Å². The molecule has 0 aliphatic carbocycles. The smallest absolute Gasteiger partial charge is 0.360 e. The van der Waals surface area contributed by atoms with E-state index in [1.807, 2.05) is 32.1 Å². The minimum Gasteiger partial charge on any atom is -0.464 e. The number of ether oxygens (including phenoxy) is 1. The highest BCUT2D eigenvalue weighted by Gasteiger charge is 2.19. The summed E-state index contributed by atoms with van der Waals surface area (Å²) < 4.78 is 5.97. The minimum absolute atomic E-state index is 0.0735. The first-order valence-corrected chi connectivity index (χ1v) is 9.92. The van der Waals surface area contributed by atoms with Crippen molar-refractivity contribution in [3.63, 3.8) is 0 Å². The Labute approximate surface area is 184 Å². The van der Waals surface area contributed by atoms with E-state index in [0.717, 1.165) is 22.4 Å². The number of benzene rings is 2. The van der Waals surface area contributed by atoms with E-state index in [0.29, 0.717) is 5.56 Å². The molecule has 0 aromatic heterocycles. The lowest BCUT2D eigenvalue weighted by Crippen LogP contribution is -2.19. The number of carbonyl (C=O) groups is 1. The molecule has 0 fully saturated rings. The van der Waals surface area contributed by atoms with Gasteiger partial charge in [0.1, 0.15) is 13.7 Å². The van der Waals surface area contributed by atoms with Crippen LogP contribution in [0.4, 0.5) is 0 Å². The van der Waals surface area contributed by atoms with Gasteiger partial charge in [-0.25, -0.2) is 4.79 Å². The van der Waals surface area contributed by atoms with Gasteiger partial charge in [-0.05, 0) is 65.8 Å². The third-order valence-corrected chi connectivity index (χ3v) is 4.71. The van der Waals surface area contributed by atoms with Gasteiger partial charge in [-0.1, -0.05) is 46.7 Å². The van der Waals surface area contributed by atoms with Crippen LogP contribution in [0, 0.1) is 3.57 Å². The number of nitrogens with zero attached hydrogens (tertiary/aromatic N) is 2. The molecule has 152 valence electrons. The minimum atomic E-state index is -0.588. The molecule has 29 heavy (non-hydrogen) atoms. The normalized spacial score (nSPS) is 12.5. The average molecular weight is 506 g/mol. The topological polar surface area (TPSA) is 69.5 Å². The van der Waals surface area contributed by atoms with Crippen molar-refractivity contribution in [3.05, 3.63) is 74.9 Å². The quantitative estimate of drug-likeness (QED) is 0.223. The van der Waals surface area contributed by atoms with Crippen molar-refractivity contribution in [3.8, 4) is 0 Å². The molecule has 0 spiro atoms. The van der Waals surface area contributed by atoms with E-state index in [1.165, 1.54) is 17.8 Å². The van der Waals surface area contributed by atoms with Crippen molar-refractivity contribution in [2.24, 2.45) is 10.3 Å². The third-order valence-electron chi connectivity index (χ3n) is 3.99. The van der Waals surface area contributed by atoms with Crippen LogP contribution in [-0.2, 0) is 25.8 Å². The predicted octanol–water partition coefficient (Wildman–Crippen LogP) is 4.81. The highest BCUT2D eigenvalue weighted by molar-refractivity contribution is 14.1. The maximum absolute atomic E-state index is 12.0. The second-order valence-electron chi connectivity index (χ2n) is 6.11. The fourth-order valence-corrected chi connectivity index (χ4v) is 2.96. The number of halogens is 1. The number of methoxy groups -OCH3 is 1. The molecule has 0 aliphatic rings. The Morgan fingerprint density at radius 2 is 1.72 bits per heavy atom. The van der Waals surface area contributed by atoms with Crippen molar-refractivity contribution in [2.75, 3.05) is 14.2 Å². The molecular weight excluding hydrogens is 483 g/mol. The molecule has 0 bridgehead atoms. The number of hydrogen-bond acceptors (Lipinski definition) is 6. The van der Waals surface area contributed by atoms with Crippen molar-refractivity contribution >= 4 is 45.6 Å². The Hall–Kier alpha value is -2.68. The molecule has 0 unspecified atom stereocenters. The fourth-order valence-electron chi connectivity index (χ4n) is 2.60. The van der Waals surface area contributed by atoms with Gasteiger partial charge in [-0.2, -0.15) is 0 Å². The molecule has 7 heteroatoms.